The Morgan fingerprint density at radius 1 is 1.37 bits per heavy atom. The summed E-state index contributed by atoms with van der Waals surface area (Å²) in [5.41, 5.74) is 0.334. The van der Waals surface area contributed by atoms with Crippen molar-refractivity contribution in [3.8, 4) is 11.5 Å². The zero-order valence-corrected chi connectivity index (χ0v) is 10.9. The van der Waals surface area contributed by atoms with Crippen LogP contribution in [-0.4, -0.2) is 38.8 Å². The van der Waals surface area contributed by atoms with E-state index in [9.17, 15) is 5.11 Å². The van der Waals surface area contributed by atoms with Crippen LogP contribution in [0, 0.1) is 0 Å². The highest BCUT2D eigenvalue weighted by Crippen LogP contribution is 2.22. The first-order valence-corrected chi connectivity index (χ1v) is 6.45. The fourth-order valence-corrected chi connectivity index (χ4v) is 2.39. The van der Waals surface area contributed by atoms with Crippen molar-refractivity contribution >= 4 is 0 Å². The molecule has 1 atom stereocenters. The van der Waals surface area contributed by atoms with Crippen LogP contribution in [0.5, 0.6) is 0 Å². The molecule has 0 amide bonds. The fraction of sp³-hybridized carbons (Fsp3) is 0.429. The highest BCUT2D eigenvalue weighted by molar-refractivity contribution is 5.51. The van der Waals surface area contributed by atoms with Gasteiger partial charge in [0.2, 0.25) is 0 Å². The molecular formula is C14H17N3O2. The standard InChI is InChI=1S/C14H17N3O2/c1-14(18)7-8-17(10-14)9-12-15-13(19-16-12)11-5-3-2-4-6-11/h2-6,18H,7-10H2,1H3. The number of hydrogen-bond donors (Lipinski definition) is 1. The van der Waals surface area contributed by atoms with E-state index in [1.807, 2.05) is 37.3 Å². The Bertz CT molecular complexity index is 551. The SMILES string of the molecule is CC1(O)CCN(Cc2noc(-c3ccccc3)n2)C1. The molecule has 0 saturated carbocycles. The Balaban J connectivity index is 1.69. The summed E-state index contributed by atoms with van der Waals surface area (Å²) in [5, 5.41) is 13.9. The van der Waals surface area contributed by atoms with Crippen LogP contribution >= 0.6 is 0 Å². The first-order valence-electron chi connectivity index (χ1n) is 6.45. The van der Waals surface area contributed by atoms with E-state index in [1.54, 1.807) is 0 Å². The summed E-state index contributed by atoms with van der Waals surface area (Å²) >= 11 is 0. The van der Waals surface area contributed by atoms with Gasteiger partial charge in [0.1, 0.15) is 0 Å². The van der Waals surface area contributed by atoms with Gasteiger partial charge in [-0.3, -0.25) is 4.90 Å². The molecule has 1 aromatic carbocycles. The lowest BCUT2D eigenvalue weighted by molar-refractivity contribution is 0.0675. The minimum Gasteiger partial charge on any atom is -0.389 e. The summed E-state index contributed by atoms with van der Waals surface area (Å²) in [6.07, 6.45) is 0.788. The monoisotopic (exact) mass is 259 g/mol. The molecule has 2 aromatic rings. The summed E-state index contributed by atoms with van der Waals surface area (Å²) in [6.45, 7) is 4.00. The van der Waals surface area contributed by atoms with Crippen LogP contribution in [0.3, 0.4) is 0 Å². The van der Waals surface area contributed by atoms with Crippen LogP contribution in [0.1, 0.15) is 19.2 Å². The molecule has 1 saturated heterocycles. The molecule has 1 aromatic heterocycles. The van der Waals surface area contributed by atoms with Gasteiger partial charge in [-0.15, -0.1) is 0 Å². The Morgan fingerprint density at radius 2 is 2.16 bits per heavy atom. The third-order valence-corrected chi connectivity index (χ3v) is 3.38. The van der Waals surface area contributed by atoms with Gasteiger partial charge in [0, 0.05) is 18.7 Å². The lowest BCUT2D eigenvalue weighted by atomic mass is 10.1. The van der Waals surface area contributed by atoms with E-state index in [1.165, 1.54) is 0 Å². The molecule has 0 spiro atoms. The molecule has 1 fully saturated rings. The maximum atomic E-state index is 9.92. The van der Waals surface area contributed by atoms with Crippen LogP contribution in [0.25, 0.3) is 11.5 Å². The Labute approximate surface area is 111 Å². The molecule has 1 unspecified atom stereocenters. The lowest BCUT2D eigenvalue weighted by Crippen LogP contribution is -2.29. The molecule has 100 valence electrons. The van der Waals surface area contributed by atoms with E-state index >= 15 is 0 Å². The van der Waals surface area contributed by atoms with Gasteiger partial charge in [-0.25, -0.2) is 0 Å². The normalized spacial score (nSPS) is 23.9. The van der Waals surface area contributed by atoms with Gasteiger partial charge in [-0.1, -0.05) is 23.4 Å². The fourth-order valence-electron chi connectivity index (χ4n) is 2.39. The molecule has 19 heavy (non-hydrogen) atoms. The Hall–Kier alpha value is -1.72. The molecule has 2 heterocycles. The van der Waals surface area contributed by atoms with Crippen molar-refractivity contribution in [1.82, 2.24) is 15.0 Å². The number of nitrogens with zero attached hydrogens (tertiary/aromatic N) is 3. The third kappa shape index (κ3) is 2.83. The summed E-state index contributed by atoms with van der Waals surface area (Å²) in [5.74, 6) is 1.21. The number of aromatic nitrogens is 2. The predicted molar refractivity (Wildman–Crippen MR) is 70.3 cm³/mol. The van der Waals surface area contributed by atoms with E-state index in [-0.39, 0.29) is 0 Å². The van der Waals surface area contributed by atoms with Crippen molar-refractivity contribution in [1.29, 1.82) is 0 Å². The topological polar surface area (TPSA) is 62.4 Å². The lowest BCUT2D eigenvalue weighted by Gasteiger charge is -2.16. The van der Waals surface area contributed by atoms with Crippen molar-refractivity contribution in [3.63, 3.8) is 0 Å². The maximum Gasteiger partial charge on any atom is 0.257 e. The number of benzene rings is 1. The second-order valence-corrected chi connectivity index (χ2v) is 5.34. The average molecular weight is 259 g/mol. The minimum absolute atomic E-state index is 0.543. The molecule has 5 nitrogen and oxygen atoms in total. The predicted octanol–water partition coefficient (Wildman–Crippen LogP) is 1.69. The van der Waals surface area contributed by atoms with E-state index in [4.69, 9.17) is 4.52 Å². The van der Waals surface area contributed by atoms with Crippen molar-refractivity contribution in [2.75, 3.05) is 13.1 Å². The van der Waals surface area contributed by atoms with Gasteiger partial charge in [0.15, 0.2) is 5.82 Å². The van der Waals surface area contributed by atoms with E-state index in [0.717, 1.165) is 18.5 Å². The summed E-state index contributed by atoms with van der Waals surface area (Å²) in [7, 11) is 0. The second-order valence-electron chi connectivity index (χ2n) is 5.34. The quantitative estimate of drug-likeness (QED) is 0.909. The van der Waals surface area contributed by atoms with Crippen LogP contribution < -0.4 is 0 Å². The molecule has 1 N–H and O–H groups in total. The average Bonchev–Trinajstić information content (AvgIpc) is 2.98. The second kappa shape index (κ2) is 4.75. The van der Waals surface area contributed by atoms with Crippen molar-refractivity contribution < 1.29 is 9.63 Å². The Morgan fingerprint density at radius 3 is 2.84 bits per heavy atom. The van der Waals surface area contributed by atoms with Gasteiger partial charge in [0.25, 0.3) is 5.89 Å². The van der Waals surface area contributed by atoms with Crippen molar-refractivity contribution in [3.05, 3.63) is 36.2 Å². The highest BCUT2D eigenvalue weighted by atomic mass is 16.5. The van der Waals surface area contributed by atoms with Crippen LogP contribution in [0.2, 0.25) is 0 Å². The van der Waals surface area contributed by atoms with Crippen molar-refractivity contribution in [2.45, 2.75) is 25.5 Å². The van der Waals surface area contributed by atoms with Gasteiger partial charge in [-0.2, -0.15) is 4.98 Å². The van der Waals surface area contributed by atoms with Gasteiger partial charge in [0.05, 0.1) is 12.1 Å². The molecule has 0 aliphatic carbocycles. The molecule has 5 heteroatoms. The third-order valence-electron chi connectivity index (χ3n) is 3.38. The van der Waals surface area contributed by atoms with Crippen LogP contribution in [0.15, 0.2) is 34.9 Å². The molecule has 3 rings (SSSR count). The number of hydrogen-bond acceptors (Lipinski definition) is 5. The maximum absolute atomic E-state index is 9.92. The van der Waals surface area contributed by atoms with Gasteiger partial charge in [-0.05, 0) is 25.5 Å². The zero-order chi connectivity index (χ0) is 13.3. The molecular weight excluding hydrogens is 242 g/mol. The van der Waals surface area contributed by atoms with Gasteiger partial charge < -0.3 is 9.63 Å². The van der Waals surface area contributed by atoms with Crippen molar-refractivity contribution in [2.24, 2.45) is 0 Å². The van der Waals surface area contributed by atoms with E-state index < -0.39 is 5.60 Å². The van der Waals surface area contributed by atoms with E-state index in [2.05, 4.69) is 15.0 Å². The molecule has 0 radical (unpaired) electrons. The van der Waals surface area contributed by atoms with Gasteiger partial charge >= 0.3 is 0 Å². The summed E-state index contributed by atoms with van der Waals surface area (Å²) in [6, 6.07) is 9.72. The number of β-amino-alcohol motifs (C(OH)–C–C–N with tert-alkyl or cyclic N) is 1. The first-order chi connectivity index (χ1) is 9.12. The molecule has 1 aliphatic heterocycles. The zero-order valence-electron chi connectivity index (χ0n) is 10.9. The van der Waals surface area contributed by atoms with E-state index in [0.29, 0.717) is 24.8 Å². The smallest absolute Gasteiger partial charge is 0.257 e. The Kier molecular flexibility index (Phi) is 3.08. The van der Waals surface area contributed by atoms with Crippen LogP contribution in [-0.2, 0) is 6.54 Å². The molecule has 0 bridgehead atoms. The number of aliphatic hydroxyl groups is 1. The minimum atomic E-state index is -0.591. The largest absolute Gasteiger partial charge is 0.389 e. The summed E-state index contributed by atoms with van der Waals surface area (Å²) < 4.78 is 5.26. The number of rotatable bonds is 3. The summed E-state index contributed by atoms with van der Waals surface area (Å²) in [4.78, 5) is 6.53. The number of likely N-dealkylation sites (tertiary alicyclic amines) is 1. The first kappa shape index (κ1) is 12.3. The highest BCUT2D eigenvalue weighted by Gasteiger charge is 2.31. The van der Waals surface area contributed by atoms with Crippen LogP contribution in [0.4, 0.5) is 0 Å². The molecule has 1 aliphatic rings.